The number of rotatable bonds is 3. The second-order valence-electron chi connectivity index (χ2n) is 5.00. The first-order valence-corrected chi connectivity index (χ1v) is 7.83. The third kappa shape index (κ3) is 2.92. The van der Waals surface area contributed by atoms with Gasteiger partial charge in [0.25, 0.3) is 0 Å². The van der Waals surface area contributed by atoms with Gasteiger partial charge in [0.1, 0.15) is 10.0 Å². The van der Waals surface area contributed by atoms with E-state index in [9.17, 15) is 4.79 Å². The van der Waals surface area contributed by atoms with Crippen LogP contribution in [0.1, 0.15) is 16.8 Å². The molecule has 0 saturated carbocycles. The van der Waals surface area contributed by atoms with E-state index in [0.717, 1.165) is 5.69 Å². The van der Waals surface area contributed by atoms with Crippen molar-refractivity contribution < 1.29 is 4.79 Å². The van der Waals surface area contributed by atoms with Gasteiger partial charge in [0.15, 0.2) is 0 Å². The number of hydrogen-bond donors (Lipinski definition) is 1. The highest BCUT2D eigenvalue weighted by atomic mass is 35.5. The number of likely N-dealkylation sites (N-methyl/N-ethyl adjacent to an activating group) is 1. The predicted octanol–water partition coefficient (Wildman–Crippen LogP) is 1.86. The molecule has 1 atom stereocenters. The molecule has 0 radical (unpaired) electrons. The van der Waals surface area contributed by atoms with Crippen LogP contribution in [0.25, 0.3) is 0 Å². The summed E-state index contributed by atoms with van der Waals surface area (Å²) in [5.74, 6) is 0.0174. The second kappa shape index (κ2) is 6.09. The first-order chi connectivity index (χ1) is 10.2. The zero-order valence-electron chi connectivity index (χ0n) is 11.5. The van der Waals surface area contributed by atoms with E-state index >= 15 is 0 Å². The molecule has 110 valence electrons. The van der Waals surface area contributed by atoms with Crippen LogP contribution in [-0.2, 0) is 24.3 Å². The third-order valence-electron chi connectivity index (χ3n) is 3.76. The van der Waals surface area contributed by atoms with E-state index in [-0.39, 0.29) is 11.9 Å². The van der Waals surface area contributed by atoms with Gasteiger partial charge in [0.05, 0.1) is 6.04 Å². The van der Waals surface area contributed by atoms with Crippen molar-refractivity contribution in [3.63, 3.8) is 0 Å². The number of nitrogens with zero attached hydrogens (tertiary/aromatic N) is 3. The molecule has 7 heteroatoms. The van der Waals surface area contributed by atoms with Gasteiger partial charge in [-0.15, -0.1) is 5.10 Å². The summed E-state index contributed by atoms with van der Waals surface area (Å²) >= 11 is 7.26. The molecule has 0 aliphatic carbocycles. The van der Waals surface area contributed by atoms with E-state index < -0.39 is 0 Å². The Morgan fingerprint density at radius 3 is 2.90 bits per heavy atom. The molecule has 2 aromatic rings. The van der Waals surface area contributed by atoms with Gasteiger partial charge >= 0.3 is 0 Å². The van der Waals surface area contributed by atoms with E-state index in [1.807, 2.05) is 12.1 Å². The molecule has 0 fully saturated rings. The van der Waals surface area contributed by atoms with Crippen LogP contribution in [-0.4, -0.2) is 33.5 Å². The van der Waals surface area contributed by atoms with Crippen LogP contribution in [0, 0.1) is 0 Å². The van der Waals surface area contributed by atoms with Crippen molar-refractivity contribution in [2.45, 2.75) is 25.6 Å². The second-order valence-corrected chi connectivity index (χ2v) is 6.36. The lowest BCUT2D eigenvalue weighted by molar-refractivity contribution is -0.126. The molecule has 1 aliphatic rings. The Kier molecular flexibility index (Phi) is 4.19. The van der Waals surface area contributed by atoms with Crippen molar-refractivity contribution in [3.05, 3.63) is 45.4 Å². The first-order valence-electron chi connectivity index (χ1n) is 6.68. The highest BCUT2D eigenvalue weighted by molar-refractivity contribution is 7.10. The first kappa shape index (κ1) is 14.4. The molecule has 1 N–H and O–H groups in total. The Balaban J connectivity index is 1.89. The maximum Gasteiger partial charge on any atom is 0.237 e. The smallest absolute Gasteiger partial charge is 0.237 e. The Morgan fingerprint density at radius 2 is 2.24 bits per heavy atom. The molecule has 1 amide bonds. The maximum atomic E-state index is 12.2. The SMILES string of the molecule is CNC(=O)[C@H]1Cc2ccccc2CN1Cc1nnsc1Cl. The number of fused-ring (bicyclic) bond motifs is 1. The summed E-state index contributed by atoms with van der Waals surface area (Å²) in [4.78, 5) is 14.3. The van der Waals surface area contributed by atoms with Crippen molar-refractivity contribution in [2.75, 3.05) is 7.05 Å². The third-order valence-corrected chi connectivity index (χ3v) is 4.74. The van der Waals surface area contributed by atoms with Gasteiger partial charge < -0.3 is 5.32 Å². The molecule has 2 heterocycles. The number of carbonyl (C=O) groups excluding carboxylic acids is 1. The monoisotopic (exact) mass is 322 g/mol. The number of carbonyl (C=O) groups is 1. The molecule has 0 unspecified atom stereocenters. The molecule has 0 saturated heterocycles. The number of nitrogens with one attached hydrogen (secondary N) is 1. The maximum absolute atomic E-state index is 12.2. The number of halogens is 1. The summed E-state index contributed by atoms with van der Waals surface area (Å²) in [5, 5.41) is 6.79. The van der Waals surface area contributed by atoms with E-state index in [2.05, 4.69) is 31.9 Å². The minimum absolute atomic E-state index is 0.0174. The fourth-order valence-electron chi connectivity index (χ4n) is 2.65. The van der Waals surface area contributed by atoms with E-state index in [4.69, 9.17) is 11.6 Å². The summed E-state index contributed by atoms with van der Waals surface area (Å²) in [6.07, 6.45) is 0.699. The van der Waals surface area contributed by atoms with Gasteiger partial charge in [-0.2, -0.15) is 0 Å². The largest absolute Gasteiger partial charge is 0.358 e. The van der Waals surface area contributed by atoms with Crippen molar-refractivity contribution >= 4 is 29.0 Å². The van der Waals surface area contributed by atoms with Gasteiger partial charge in [-0.05, 0) is 17.5 Å². The van der Waals surface area contributed by atoms with Crippen molar-refractivity contribution in [1.82, 2.24) is 19.8 Å². The molecule has 1 aliphatic heterocycles. The van der Waals surface area contributed by atoms with Crippen LogP contribution >= 0.6 is 23.1 Å². The van der Waals surface area contributed by atoms with E-state index in [1.165, 1.54) is 22.7 Å². The Bertz CT molecular complexity index is 660. The fourth-order valence-corrected chi connectivity index (χ4v) is 3.26. The van der Waals surface area contributed by atoms with Gasteiger partial charge in [0.2, 0.25) is 5.91 Å². The summed E-state index contributed by atoms with van der Waals surface area (Å²) < 4.78 is 4.44. The molecular formula is C14H15ClN4OS. The van der Waals surface area contributed by atoms with Crippen molar-refractivity contribution in [3.8, 4) is 0 Å². The minimum atomic E-state index is -0.206. The summed E-state index contributed by atoms with van der Waals surface area (Å²) in [6.45, 7) is 1.24. The average molecular weight is 323 g/mol. The summed E-state index contributed by atoms with van der Waals surface area (Å²) in [7, 11) is 1.67. The predicted molar refractivity (Wildman–Crippen MR) is 82.2 cm³/mol. The summed E-state index contributed by atoms with van der Waals surface area (Å²) in [6, 6.07) is 8.01. The minimum Gasteiger partial charge on any atom is -0.358 e. The van der Waals surface area contributed by atoms with Crippen LogP contribution in [0.5, 0.6) is 0 Å². The van der Waals surface area contributed by atoms with Crippen molar-refractivity contribution in [2.24, 2.45) is 0 Å². The van der Waals surface area contributed by atoms with Crippen LogP contribution in [0.3, 0.4) is 0 Å². The highest BCUT2D eigenvalue weighted by Gasteiger charge is 2.31. The van der Waals surface area contributed by atoms with Crippen LogP contribution < -0.4 is 5.32 Å². The Morgan fingerprint density at radius 1 is 1.48 bits per heavy atom. The number of amides is 1. The lowest BCUT2D eigenvalue weighted by Crippen LogP contribution is -2.49. The van der Waals surface area contributed by atoms with Crippen LogP contribution in [0.4, 0.5) is 0 Å². The number of hydrogen-bond acceptors (Lipinski definition) is 5. The molecule has 0 spiro atoms. The van der Waals surface area contributed by atoms with Crippen LogP contribution in [0.15, 0.2) is 24.3 Å². The molecule has 3 rings (SSSR count). The van der Waals surface area contributed by atoms with Gasteiger partial charge in [-0.1, -0.05) is 40.4 Å². The zero-order chi connectivity index (χ0) is 14.8. The molecule has 1 aromatic carbocycles. The molecule has 0 bridgehead atoms. The summed E-state index contributed by atoms with van der Waals surface area (Å²) in [5.41, 5.74) is 3.21. The quantitative estimate of drug-likeness (QED) is 0.937. The van der Waals surface area contributed by atoms with Gasteiger partial charge in [0, 0.05) is 31.7 Å². The zero-order valence-corrected chi connectivity index (χ0v) is 13.1. The Labute approximate surface area is 132 Å². The Hall–Kier alpha value is -1.50. The topological polar surface area (TPSA) is 58.1 Å². The molecule has 1 aromatic heterocycles. The van der Waals surface area contributed by atoms with E-state index in [1.54, 1.807) is 7.05 Å². The number of benzene rings is 1. The average Bonchev–Trinajstić information content (AvgIpc) is 2.91. The van der Waals surface area contributed by atoms with Crippen LogP contribution in [0.2, 0.25) is 4.34 Å². The molecule has 5 nitrogen and oxygen atoms in total. The lowest BCUT2D eigenvalue weighted by Gasteiger charge is -2.35. The molecule has 21 heavy (non-hydrogen) atoms. The normalized spacial score (nSPS) is 18.3. The van der Waals surface area contributed by atoms with E-state index in [0.29, 0.717) is 23.8 Å². The van der Waals surface area contributed by atoms with Gasteiger partial charge in [-0.25, -0.2) is 0 Å². The fraction of sp³-hybridized carbons (Fsp3) is 0.357. The highest BCUT2D eigenvalue weighted by Crippen LogP contribution is 2.27. The molecular weight excluding hydrogens is 308 g/mol. The standard InChI is InChI=1S/C14H15ClN4OS/c1-16-14(20)12-6-9-4-2-3-5-10(9)7-19(12)8-11-13(15)21-18-17-11/h2-5,12H,6-8H2,1H3,(H,16,20)/t12-/m1/s1. The number of aromatic nitrogens is 2. The van der Waals surface area contributed by atoms with Gasteiger partial charge in [-0.3, -0.25) is 9.69 Å². The lowest BCUT2D eigenvalue weighted by atomic mass is 9.93. The van der Waals surface area contributed by atoms with Crippen molar-refractivity contribution in [1.29, 1.82) is 0 Å².